The Morgan fingerprint density at radius 3 is 2.92 bits per heavy atom. The Bertz CT molecular complexity index is 1140. The van der Waals surface area contributed by atoms with Gasteiger partial charge in [0.1, 0.15) is 6.61 Å². The molecule has 2 aliphatic rings. The Labute approximate surface area is 148 Å². The predicted molar refractivity (Wildman–Crippen MR) is 95.5 cm³/mol. The van der Waals surface area contributed by atoms with E-state index < -0.39 is 17.5 Å². The number of carbonyl (C=O) groups excluding carboxylic acids is 2. The maximum atomic E-state index is 13.0. The summed E-state index contributed by atoms with van der Waals surface area (Å²) in [6.07, 6.45) is 3.65. The number of aromatic nitrogens is 2. The Morgan fingerprint density at radius 2 is 2.12 bits per heavy atom. The molecule has 26 heavy (non-hydrogen) atoms. The third-order valence-electron chi connectivity index (χ3n) is 5.43. The minimum Gasteiger partial charge on any atom is -0.462 e. The van der Waals surface area contributed by atoms with Crippen LogP contribution in [0.1, 0.15) is 23.8 Å². The highest BCUT2D eigenvalue weighted by molar-refractivity contribution is 6.05. The van der Waals surface area contributed by atoms with Gasteiger partial charge in [0.15, 0.2) is 5.60 Å². The lowest BCUT2D eigenvalue weighted by molar-refractivity contribution is -0.168. The van der Waals surface area contributed by atoms with Crippen LogP contribution in [-0.2, 0) is 9.53 Å². The lowest BCUT2D eigenvalue weighted by Gasteiger charge is -2.38. The van der Waals surface area contributed by atoms with E-state index in [1.807, 2.05) is 30.3 Å². The van der Waals surface area contributed by atoms with Crippen molar-refractivity contribution in [2.75, 3.05) is 6.61 Å². The zero-order valence-corrected chi connectivity index (χ0v) is 14.1. The van der Waals surface area contributed by atoms with Crippen LogP contribution in [0.4, 0.5) is 0 Å². The Hall–Kier alpha value is -2.99. The summed E-state index contributed by atoms with van der Waals surface area (Å²) in [5.74, 6) is -1.57. The van der Waals surface area contributed by atoms with Crippen molar-refractivity contribution >= 4 is 39.8 Å². The molecule has 0 bridgehead atoms. The molecule has 6 heteroatoms. The number of aliphatic hydroxyl groups is 1. The second-order valence-electron chi connectivity index (χ2n) is 6.81. The van der Waals surface area contributed by atoms with Crippen molar-refractivity contribution in [2.45, 2.75) is 18.9 Å². The molecule has 2 aliphatic heterocycles. The number of hydrogen-bond donors (Lipinski definition) is 1. The quantitative estimate of drug-likeness (QED) is 0.684. The van der Waals surface area contributed by atoms with Gasteiger partial charge in [-0.25, -0.2) is 9.78 Å². The molecule has 0 aliphatic carbocycles. The van der Waals surface area contributed by atoms with Crippen LogP contribution in [0, 0.1) is 5.92 Å². The summed E-state index contributed by atoms with van der Waals surface area (Å²) in [7, 11) is 0. The van der Waals surface area contributed by atoms with Gasteiger partial charge in [0.05, 0.1) is 22.6 Å². The molecular weight excluding hydrogens is 332 g/mol. The topological polar surface area (TPSA) is 81.4 Å². The number of esters is 1. The average molecular weight is 348 g/mol. The van der Waals surface area contributed by atoms with Crippen LogP contribution in [0.3, 0.4) is 0 Å². The first-order chi connectivity index (χ1) is 12.5. The van der Waals surface area contributed by atoms with Crippen molar-refractivity contribution in [1.82, 2.24) is 9.55 Å². The molecule has 0 saturated carbocycles. The third-order valence-corrected chi connectivity index (χ3v) is 5.43. The van der Waals surface area contributed by atoms with Gasteiger partial charge in [-0.3, -0.25) is 9.36 Å². The molecule has 0 spiro atoms. The summed E-state index contributed by atoms with van der Waals surface area (Å²) >= 11 is 0. The van der Waals surface area contributed by atoms with Gasteiger partial charge < -0.3 is 9.84 Å². The number of carbonyl (C=O) groups is 2. The van der Waals surface area contributed by atoms with Crippen LogP contribution >= 0.6 is 0 Å². The van der Waals surface area contributed by atoms with E-state index in [1.54, 1.807) is 23.8 Å². The molecule has 5 rings (SSSR count). The van der Waals surface area contributed by atoms with Crippen LogP contribution in [-0.4, -0.2) is 38.7 Å². The van der Waals surface area contributed by atoms with Gasteiger partial charge in [-0.2, -0.15) is 0 Å². The molecule has 3 aromatic rings. The summed E-state index contributed by atoms with van der Waals surface area (Å²) in [4.78, 5) is 29.9. The van der Waals surface area contributed by atoms with E-state index in [9.17, 15) is 14.7 Å². The Balaban J connectivity index is 1.82. The number of ether oxygens (including phenoxy) is 1. The van der Waals surface area contributed by atoms with Gasteiger partial charge in [0, 0.05) is 17.0 Å². The number of nitrogens with zero attached hydrogens (tertiary/aromatic N) is 2. The van der Waals surface area contributed by atoms with Crippen LogP contribution < -0.4 is 0 Å². The van der Waals surface area contributed by atoms with Gasteiger partial charge in [0.2, 0.25) is 5.91 Å². The van der Waals surface area contributed by atoms with Crippen LogP contribution in [0.15, 0.2) is 42.1 Å². The molecule has 0 amide bonds. The van der Waals surface area contributed by atoms with Crippen LogP contribution in [0.2, 0.25) is 0 Å². The maximum absolute atomic E-state index is 13.0. The molecule has 1 aromatic carbocycles. The molecule has 1 unspecified atom stereocenters. The lowest BCUT2D eigenvalue weighted by atomic mass is 9.78. The highest BCUT2D eigenvalue weighted by Crippen LogP contribution is 2.40. The monoisotopic (exact) mass is 348 g/mol. The Morgan fingerprint density at radius 1 is 1.31 bits per heavy atom. The minimum atomic E-state index is -1.77. The number of fused-ring (bicyclic) bond motifs is 5. The number of rotatable bonds is 1. The highest BCUT2D eigenvalue weighted by atomic mass is 16.6. The molecule has 1 saturated heterocycles. The Kier molecular flexibility index (Phi) is 2.95. The SMILES string of the molecule is CC[C@@]1(O)C(=O)OCC2C(=O)n3cc4cc5ccccc5nc4c3C=C21. The zero-order chi connectivity index (χ0) is 18.1. The van der Waals surface area contributed by atoms with E-state index in [-0.39, 0.29) is 18.9 Å². The molecule has 2 aromatic heterocycles. The van der Waals surface area contributed by atoms with Crippen molar-refractivity contribution in [3.05, 3.63) is 47.8 Å². The van der Waals surface area contributed by atoms with Crippen molar-refractivity contribution in [3.8, 4) is 0 Å². The first-order valence-corrected chi connectivity index (χ1v) is 8.59. The first kappa shape index (κ1) is 15.3. The second kappa shape index (κ2) is 5.02. The van der Waals surface area contributed by atoms with Gasteiger partial charge in [0.25, 0.3) is 0 Å². The minimum absolute atomic E-state index is 0.0464. The zero-order valence-electron chi connectivity index (χ0n) is 14.1. The fourth-order valence-electron chi connectivity index (χ4n) is 3.94. The highest BCUT2D eigenvalue weighted by Gasteiger charge is 2.51. The molecule has 6 nitrogen and oxygen atoms in total. The largest absolute Gasteiger partial charge is 0.462 e. The molecule has 130 valence electrons. The summed E-state index contributed by atoms with van der Waals surface area (Å²) < 4.78 is 6.65. The summed E-state index contributed by atoms with van der Waals surface area (Å²) in [5, 5.41) is 12.7. The normalized spacial score (nSPS) is 25.0. The van der Waals surface area contributed by atoms with Gasteiger partial charge >= 0.3 is 5.97 Å². The van der Waals surface area contributed by atoms with E-state index in [1.165, 1.54) is 0 Å². The summed E-state index contributed by atoms with van der Waals surface area (Å²) in [6.45, 7) is 1.65. The third kappa shape index (κ3) is 1.82. The fraction of sp³-hybridized carbons (Fsp3) is 0.250. The van der Waals surface area contributed by atoms with Gasteiger partial charge in [-0.15, -0.1) is 0 Å². The average Bonchev–Trinajstić information content (AvgIpc) is 3.01. The molecule has 1 N–H and O–H groups in total. The number of hydrogen-bond acceptors (Lipinski definition) is 5. The van der Waals surface area contributed by atoms with E-state index in [0.717, 1.165) is 16.3 Å². The molecular formula is C20H16N2O4. The fourth-order valence-corrected chi connectivity index (χ4v) is 3.94. The van der Waals surface area contributed by atoms with Gasteiger partial charge in [-0.1, -0.05) is 25.1 Å². The first-order valence-electron chi connectivity index (χ1n) is 8.59. The number of benzene rings is 1. The molecule has 0 radical (unpaired) electrons. The molecule has 4 heterocycles. The number of pyridine rings is 1. The summed E-state index contributed by atoms with van der Waals surface area (Å²) in [5.41, 5.74) is 0.750. The van der Waals surface area contributed by atoms with Crippen molar-refractivity contribution < 1.29 is 19.4 Å². The summed E-state index contributed by atoms with van der Waals surface area (Å²) in [6, 6.07) is 9.74. The van der Waals surface area contributed by atoms with Crippen molar-refractivity contribution in [2.24, 2.45) is 5.92 Å². The molecule has 2 atom stereocenters. The van der Waals surface area contributed by atoms with Gasteiger partial charge in [-0.05, 0) is 30.2 Å². The smallest absolute Gasteiger partial charge is 0.342 e. The van der Waals surface area contributed by atoms with Crippen LogP contribution in [0.25, 0.3) is 27.9 Å². The lowest BCUT2D eigenvalue weighted by Crippen LogP contribution is -2.52. The number of cyclic esters (lactones) is 1. The van der Waals surface area contributed by atoms with Crippen molar-refractivity contribution in [3.63, 3.8) is 0 Å². The van der Waals surface area contributed by atoms with E-state index >= 15 is 0 Å². The second-order valence-corrected chi connectivity index (χ2v) is 6.81. The molecule has 1 fully saturated rings. The predicted octanol–water partition coefficient (Wildman–Crippen LogP) is 2.54. The number of para-hydroxylation sites is 1. The van der Waals surface area contributed by atoms with E-state index in [0.29, 0.717) is 16.8 Å². The van der Waals surface area contributed by atoms with Crippen LogP contribution in [0.5, 0.6) is 0 Å². The van der Waals surface area contributed by atoms with E-state index in [2.05, 4.69) is 0 Å². The van der Waals surface area contributed by atoms with Crippen molar-refractivity contribution in [1.29, 1.82) is 0 Å². The maximum Gasteiger partial charge on any atom is 0.342 e. The van der Waals surface area contributed by atoms with E-state index in [4.69, 9.17) is 9.72 Å². The standard InChI is InChI=1S/C20H16N2O4/c1-2-20(25)14-8-16-17-12(7-11-5-3-4-6-15(11)21-17)9-22(16)18(23)13(14)10-26-19(20)24/h3-9,13,25H,2,10H2,1H3/t13?,20-/m0/s1.